The summed E-state index contributed by atoms with van der Waals surface area (Å²) in [7, 11) is 0. The van der Waals surface area contributed by atoms with Crippen LogP contribution in [0.25, 0.3) is 43.1 Å². The van der Waals surface area contributed by atoms with E-state index in [-0.39, 0.29) is 0 Å². The lowest BCUT2D eigenvalue weighted by Gasteiger charge is -2.11. The third-order valence-electron chi connectivity index (χ3n) is 15.2. The number of aryl methyl sites for hydroxylation is 4. The molecule has 8 heterocycles. The highest BCUT2D eigenvalue weighted by atomic mass is 35.5. The van der Waals surface area contributed by atoms with E-state index in [0.717, 1.165) is 45.9 Å². The largest absolute Gasteiger partial charge is 0.440 e. The minimum atomic E-state index is 0.307. The number of para-hydroxylation sites is 2. The number of nitrogens with zero attached hydrogens (tertiary/aromatic N) is 9. The standard InChI is InChI=1S/2C12H15N.C11H12ClNO.C11H13NS.C11H13N.2C7H11N.C6H10N2/c1-8(2)12-7-10-9(3)5-4-6-11(10)13-12;1-9(2)13-10(3)8-11-6-4-5-7-12(11)13;1-6(2)11-13-9-5-8(12)7(3)4-10(9)14-11;1-7(2)11-12-9-6-8(3)4-5-10(9)13-11;1-9(2)12-8-7-10-5-3-4-6-11(10)12;1-7(2)8-5-3-4-6-8;1-6(2)7-4-3-5-8-7;1-6(2)8-4-3-7-5-8/h4-6,8H,7H2,1-3H3;4-9H,1-3H3;4-6H,1-3H3;4-7H,1-3H3;3-9H,1-2H3;3-7H,1-2H3;3,5-6H,4H2,1-2H3;3-6H,1-2H3. The summed E-state index contributed by atoms with van der Waals surface area (Å²) in [6, 6.07) is 44.3. The Balaban J connectivity index is 0.000000164. The third-order valence-corrected chi connectivity index (χ3v) is 17.0. The Bertz CT molecular complexity index is 3930. The van der Waals surface area contributed by atoms with Gasteiger partial charge in [-0.25, -0.2) is 15.0 Å². The molecule has 10 nitrogen and oxygen atoms in total. The van der Waals surface area contributed by atoms with E-state index >= 15 is 0 Å². The van der Waals surface area contributed by atoms with Crippen LogP contribution in [-0.2, 0) is 6.42 Å². The number of aliphatic imine (C=N–C) groups is 2. The van der Waals surface area contributed by atoms with E-state index in [1.54, 1.807) is 17.5 Å². The van der Waals surface area contributed by atoms with Gasteiger partial charge in [-0.15, -0.1) is 11.3 Å². The number of benzene rings is 5. The number of imidazole rings is 1. The van der Waals surface area contributed by atoms with E-state index in [4.69, 9.17) is 16.0 Å². The number of aromatic nitrogens is 7. The van der Waals surface area contributed by atoms with E-state index in [1.165, 1.54) is 71.0 Å². The summed E-state index contributed by atoms with van der Waals surface area (Å²) in [4.78, 5) is 21.7. The van der Waals surface area contributed by atoms with Crippen molar-refractivity contribution < 1.29 is 4.42 Å². The number of hydrogen-bond acceptors (Lipinski definition) is 7. The van der Waals surface area contributed by atoms with Crippen molar-refractivity contribution in [1.82, 2.24) is 33.2 Å². The van der Waals surface area contributed by atoms with Crippen molar-refractivity contribution in [2.24, 2.45) is 21.8 Å². The van der Waals surface area contributed by atoms with Crippen LogP contribution in [0, 0.1) is 39.5 Å². The topological polar surface area (TPSA) is 96.2 Å². The number of allylic oxidation sites excluding steroid dienone is 1. The Labute approximate surface area is 541 Å². The molecule has 89 heavy (non-hydrogen) atoms. The third kappa shape index (κ3) is 20.5. The molecule has 2 aliphatic rings. The summed E-state index contributed by atoms with van der Waals surface area (Å²) in [5.41, 5.74) is 15.7. The van der Waals surface area contributed by atoms with Crippen LogP contribution in [0.1, 0.15) is 192 Å². The highest BCUT2D eigenvalue weighted by Gasteiger charge is 2.18. The zero-order valence-corrected chi connectivity index (χ0v) is 58.5. The Hall–Kier alpha value is -7.60. The van der Waals surface area contributed by atoms with Crippen molar-refractivity contribution >= 4 is 83.2 Å². The molecule has 6 aromatic heterocycles. The minimum Gasteiger partial charge on any atom is -0.440 e. The van der Waals surface area contributed by atoms with Crippen LogP contribution in [0.3, 0.4) is 0 Å². The predicted octanol–water partition coefficient (Wildman–Crippen LogP) is 23.2. The fourth-order valence-electron chi connectivity index (χ4n) is 9.93. The zero-order valence-electron chi connectivity index (χ0n) is 56.9. The molecule has 0 saturated carbocycles. The maximum atomic E-state index is 5.99. The van der Waals surface area contributed by atoms with E-state index in [0.29, 0.717) is 47.8 Å². The first kappa shape index (κ1) is 70.5. The smallest absolute Gasteiger partial charge is 0.198 e. The molecule has 0 aliphatic carbocycles. The van der Waals surface area contributed by atoms with Crippen molar-refractivity contribution in [3.63, 3.8) is 0 Å². The molecule has 0 amide bonds. The molecule has 0 bridgehead atoms. The number of fused-ring (bicyclic) bond motifs is 5. The normalized spacial score (nSPS) is 12.2. The Morgan fingerprint density at radius 3 is 1.74 bits per heavy atom. The minimum absolute atomic E-state index is 0.307. The quantitative estimate of drug-likeness (QED) is 0.151. The van der Waals surface area contributed by atoms with Crippen LogP contribution >= 0.6 is 22.9 Å². The van der Waals surface area contributed by atoms with Gasteiger partial charge in [0.2, 0.25) is 0 Å². The molecule has 0 spiro atoms. The first-order chi connectivity index (χ1) is 42.3. The summed E-state index contributed by atoms with van der Waals surface area (Å²) >= 11 is 7.80. The number of oxazole rings is 1. The summed E-state index contributed by atoms with van der Waals surface area (Å²) in [5.74, 6) is 2.82. The van der Waals surface area contributed by atoms with Crippen molar-refractivity contribution in [2.75, 3.05) is 0 Å². The Morgan fingerprint density at radius 2 is 1.20 bits per heavy atom. The molecule has 11 aromatic rings. The molecule has 0 N–H and O–H groups in total. The fourth-order valence-corrected chi connectivity index (χ4v) is 11.0. The van der Waals surface area contributed by atoms with Gasteiger partial charge in [0.15, 0.2) is 11.5 Å². The van der Waals surface area contributed by atoms with Gasteiger partial charge >= 0.3 is 0 Å². The van der Waals surface area contributed by atoms with Gasteiger partial charge < -0.3 is 22.7 Å². The zero-order chi connectivity index (χ0) is 65.1. The van der Waals surface area contributed by atoms with E-state index in [1.807, 2.05) is 49.9 Å². The van der Waals surface area contributed by atoms with Gasteiger partial charge in [0.25, 0.3) is 0 Å². The van der Waals surface area contributed by atoms with Crippen LogP contribution in [0.4, 0.5) is 5.69 Å². The van der Waals surface area contributed by atoms with Crippen molar-refractivity contribution in [2.45, 2.75) is 187 Å². The first-order valence-electron chi connectivity index (χ1n) is 31.9. The van der Waals surface area contributed by atoms with Crippen LogP contribution in [0.15, 0.2) is 185 Å². The molecule has 5 aromatic carbocycles. The lowest BCUT2D eigenvalue weighted by molar-refractivity contribution is 0.501. The van der Waals surface area contributed by atoms with Gasteiger partial charge in [0, 0.05) is 119 Å². The Kier molecular flexibility index (Phi) is 26.8. The van der Waals surface area contributed by atoms with Gasteiger partial charge in [-0.1, -0.05) is 128 Å². The predicted molar refractivity (Wildman–Crippen MR) is 386 cm³/mol. The fraction of sp³-hybridized carbons (Fsp3) is 0.390. The monoisotopic (exact) mass is 1230 g/mol. The molecule has 13 rings (SSSR count). The molecule has 2 aliphatic heterocycles. The summed E-state index contributed by atoms with van der Waals surface area (Å²) < 4.78 is 15.8. The second-order valence-corrected chi connectivity index (χ2v) is 26.8. The van der Waals surface area contributed by atoms with Crippen molar-refractivity contribution in [1.29, 1.82) is 0 Å². The second-order valence-electron chi connectivity index (χ2n) is 25.3. The van der Waals surface area contributed by atoms with Gasteiger partial charge in [0.05, 0.1) is 27.2 Å². The highest BCUT2D eigenvalue weighted by molar-refractivity contribution is 7.18. The van der Waals surface area contributed by atoms with Gasteiger partial charge in [0.1, 0.15) is 5.52 Å². The maximum absolute atomic E-state index is 5.99. The summed E-state index contributed by atoms with van der Waals surface area (Å²) in [5, 5.41) is 4.64. The van der Waals surface area contributed by atoms with Crippen molar-refractivity contribution in [3.05, 3.63) is 215 Å². The summed E-state index contributed by atoms with van der Waals surface area (Å²) in [6.45, 7) is 43.1. The van der Waals surface area contributed by atoms with Crippen LogP contribution in [0.5, 0.6) is 0 Å². The van der Waals surface area contributed by atoms with E-state index in [9.17, 15) is 0 Å². The lowest BCUT2D eigenvalue weighted by Crippen LogP contribution is -2.06. The van der Waals surface area contributed by atoms with Crippen molar-refractivity contribution in [3.8, 4) is 0 Å². The van der Waals surface area contributed by atoms with Gasteiger partial charge in [-0.05, 0) is 195 Å². The van der Waals surface area contributed by atoms with Crippen LogP contribution in [0.2, 0.25) is 5.02 Å². The Morgan fingerprint density at radius 1 is 0.539 bits per heavy atom. The average molecular weight is 1240 g/mol. The molecule has 0 atom stereocenters. The molecular weight excluding hydrogens is 1130 g/mol. The van der Waals surface area contributed by atoms with Gasteiger partial charge in [-0.3, -0.25) is 9.98 Å². The molecule has 0 fully saturated rings. The number of hydrogen-bond donors (Lipinski definition) is 0. The summed E-state index contributed by atoms with van der Waals surface area (Å²) in [6.07, 6.45) is 18.0. The second kappa shape index (κ2) is 33.8. The van der Waals surface area contributed by atoms with E-state index in [2.05, 4.69) is 296 Å². The highest BCUT2D eigenvalue weighted by Crippen LogP contribution is 2.32. The molecule has 0 radical (unpaired) electrons. The van der Waals surface area contributed by atoms with Gasteiger partial charge in [-0.2, -0.15) is 0 Å². The average Bonchev–Trinajstić information content (AvgIpc) is 3.22. The molecule has 0 unspecified atom stereocenters. The molecular formula is C77H100ClN9OS. The SMILES string of the molecule is CC(C)C1=NC=CC1.CC(C)n1ccc2ccccc21.CC(C)n1cccc1.CC(C)n1ccnc1.Cc1cc2ccccc2n1C(C)C.Cc1cc2oc(C(C)C)nc2cc1Cl.Cc1ccc2sc(C(C)C)nc2c1.Cc1cccc2c1CC(C(C)C)=N2. The maximum Gasteiger partial charge on any atom is 0.198 e. The molecule has 472 valence electrons. The molecule has 0 saturated heterocycles. The number of thiazole rings is 1. The number of halogens is 1. The lowest BCUT2D eigenvalue weighted by atomic mass is 9.99. The molecule has 12 heteroatoms. The van der Waals surface area contributed by atoms with E-state index < -0.39 is 0 Å². The van der Waals surface area contributed by atoms with Crippen LogP contribution < -0.4 is 0 Å². The first-order valence-corrected chi connectivity index (χ1v) is 33.1. The van der Waals surface area contributed by atoms with Crippen LogP contribution in [-0.4, -0.2) is 44.6 Å². The number of rotatable bonds is 8.